The zero-order valence-electron chi connectivity index (χ0n) is 24.9. The van der Waals surface area contributed by atoms with E-state index in [-0.39, 0.29) is 10.9 Å². The zero-order chi connectivity index (χ0) is 30.8. The summed E-state index contributed by atoms with van der Waals surface area (Å²) < 4.78 is 25.5. The number of carbonyl (C=O) groups excluding carboxylic acids is 1. The van der Waals surface area contributed by atoms with Gasteiger partial charge in [0, 0.05) is 72.5 Å². The van der Waals surface area contributed by atoms with E-state index in [4.69, 9.17) is 9.47 Å². The molecule has 2 fully saturated rings. The molecule has 234 valence electrons. The third-order valence-electron chi connectivity index (χ3n) is 7.45. The van der Waals surface area contributed by atoms with Gasteiger partial charge in [-0.2, -0.15) is 0 Å². The first-order chi connectivity index (χ1) is 22.1. The highest BCUT2D eigenvalue weighted by Crippen LogP contribution is 2.30. The lowest BCUT2D eigenvalue weighted by molar-refractivity contribution is -0.115. The molecule has 0 radical (unpaired) electrons. The Labute approximate surface area is 266 Å². The van der Waals surface area contributed by atoms with E-state index in [1.807, 2.05) is 42.5 Å². The number of morpholine rings is 2. The smallest absolute Gasteiger partial charge is 0.228 e. The molecule has 0 saturated carbocycles. The van der Waals surface area contributed by atoms with Crippen molar-refractivity contribution in [3.63, 3.8) is 0 Å². The first-order valence-electron chi connectivity index (χ1n) is 15.1. The van der Waals surface area contributed by atoms with E-state index in [1.165, 1.54) is 18.0 Å². The van der Waals surface area contributed by atoms with Crippen LogP contribution in [-0.4, -0.2) is 75.0 Å². The van der Waals surface area contributed by atoms with Crippen molar-refractivity contribution >= 4 is 52.1 Å². The van der Waals surface area contributed by atoms with Gasteiger partial charge in [0.25, 0.3) is 0 Å². The maximum atomic E-state index is 14.6. The first-order valence-corrected chi connectivity index (χ1v) is 15.9. The molecule has 4 aromatic rings. The highest BCUT2D eigenvalue weighted by molar-refractivity contribution is 7.99. The lowest BCUT2D eigenvalue weighted by Gasteiger charge is -2.29. The van der Waals surface area contributed by atoms with Gasteiger partial charge in [0.1, 0.15) is 5.03 Å². The molecule has 0 bridgehead atoms. The fraction of sp³-hybridized carbons (Fsp3) is 0.303. The van der Waals surface area contributed by atoms with E-state index in [0.717, 1.165) is 67.0 Å². The molecular formula is C33H36FN7O3S. The number of rotatable bonds is 11. The Morgan fingerprint density at radius 1 is 0.822 bits per heavy atom. The quantitative estimate of drug-likeness (QED) is 0.181. The predicted octanol–water partition coefficient (Wildman–Crippen LogP) is 5.62. The van der Waals surface area contributed by atoms with Crippen molar-refractivity contribution < 1.29 is 18.7 Å². The minimum absolute atomic E-state index is 0.0949. The van der Waals surface area contributed by atoms with E-state index in [1.54, 1.807) is 12.1 Å². The molecule has 2 aliphatic rings. The summed E-state index contributed by atoms with van der Waals surface area (Å²) in [6, 6.07) is 23.4. The molecule has 0 spiro atoms. The fourth-order valence-corrected chi connectivity index (χ4v) is 5.89. The van der Waals surface area contributed by atoms with Crippen molar-refractivity contribution in [1.82, 2.24) is 9.97 Å². The Kier molecular flexibility index (Phi) is 10.3. The van der Waals surface area contributed by atoms with Crippen LogP contribution in [-0.2, 0) is 14.3 Å². The molecule has 0 aliphatic carbocycles. The van der Waals surface area contributed by atoms with Crippen LogP contribution in [0.15, 0.2) is 88.9 Å². The van der Waals surface area contributed by atoms with Crippen LogP contribution in [0.25, 0.3) is 0 Å². The average molecular weight is 630 g/mol. The van der Waals surface area contributed by atoms with Crippen molar-refractivity contribution in [2.24, 2.45) is 0 Å². The summed E-state index contributed by atoms with van der Waals surface area (Å²) in [4.78, 5) is 26.5. The Morgan fingerprint density at radius 2 is 1.44 bits per heavy atom. The molecule has 1 aromatic heterocycles. The Morgan fingerprint density at radius 3 is 2.11 bits per heavy atom. The van der Waals surface area contributed by atoms with Crippen LogP contribution in [0.1, 0.15) is 6.42 Å². The van der Waals surface area contributed by atoms with Crippen LogP contribution in [0.4, 0.5) is 38.8 Å². The van der Waals surface area contributed by atoms with Crippen LogP contribution < -0.4 is 25.8 Å². The van der Waals surface area contributed by atoms with E-state index in [2.05, 4.69) is 53.9 Å². The van der Waals surface area contributed by atoms with Crippen LogP contribution in [0.2, 0.25) is 0 Å². The molecule has 1 amide bonds. The Balaban J connectivity index is 0.990. The van der Waals surface area contributed by atoms with Gasteiger partial charge >= 0.3 is 0 Å². The number of carbonyl (C=O) groups is 1. The van der Waals surface area contributed by atoms with Gasteiger partial charge in [-0.3, -0.25) is 4.79 Å². The molecule has 10 nitrogen and oxygen atoms in total. The van der Waals surface area contributed by atoms with Gasteiger partial charge in [0.15, 0.2) is 5.82 Å². The number of amides is 1. The summed E-state index contributed by atoms with van der Waals surface area (Å²) in [5, 5.41) is 9.67. The lowest BCUT2D eigenvalue weighted by Crippen LogP contribution is -2.36. The number of hydrogen-bond acceptors (Lipinski definition) is 10. The van der Waals surface area contributed by atoms with Gasteiger partial charge in [-0.25, -0.2) is 14.4 Å². The van der Waals surface area contributed by atoms with Crippen LogP contribution in [0, 0.1) is 5.82 Å². The minimum Gasteiger partial charge on any atom is -0.384 e. The normalized spacial score (nSPS) is 15.0. The number of aromatic nitrogens is 2. The van der Waals surface area contributed by atoms with Gasteiger partial charge in [-0.05, 0) is 60.7 Å². The summed E-state index contributed by atoms with van der Waals surface area (Å²) in [7, 11) is 0. The average Bonchev–Trinajstić information content (AvgIpc) is 3.08. The predicted molar refractivity (Wildman–Crippen MR) is 177 cm³/mol. The van der Waals surface area contributed by atoms with E-state index in [0.29, 0.717) is 37.8 Å². The third kappa shape index (κ3) is 8.62. The van der Waals surface area contributed by atoms with Gasteiger partial charge in [0.05, 0.1) is 32.6 Å². The number of ether oxygens (including phenoxy) is 2. The second kappa shape index (κ2) is 15.1. The SMILES string of the molecule is O=C(CCNc1cccc(N2CCOCC2)c1)Nc1ccc(Sc2nc(Nc3cccc(N4CCOCC4)c3)ncc2F)cc1. The maximum Gasteiger partial charge on any atom is 0.228 e. The van der Waals surface area contributed by atoms with Crippen LogP contribution >= 0.6 is 11.8 Å². The molecule has 6 rings (SSSR count). The molecule has 0 unspecified atom stereocenters. The summed E-state index contributed by atoms with van der Waals surface area (Å²) in [5.74, 6) is -0.293. The van der Waals surface area contributed by atoms with E-state index < -0.39 is 5.82 Å². The molecule has 3 heterocycles. The van der Waals surface area contributed by atoms with Gasteiger partial charge in [-0.15, -0.1) is 0 Å². The van der Waals surface area contributed by atoms with Gasteiger partial charge in [0.2, 0.25) is 11.9 Å². The molecule has 2 saturated heterocycles. The largest absolute Gasteiger partial charge is 0.384 e. The maximum absolute atomic E-state index is 14.6. The third-order valence-corrected chi connectivity index (χ3v) is 8.43. The summed E-state index contributed by atoms with van der Waals surface area (Å²) in [6.07, 6.45) is 1.49. The highest BCUT2D eigenvalue weighted by Gasteiger charge is 2.14. The van der Waals surface area contributed by atoms with Gasteiger partial charge < -0.3 is 35.2 Å². The lowest BCUT2D eigenvalue weighted by atomic mass is 10.2. The van der Waals surface area contributed by atoms with E-state index in [9.17, 15) is 9.18 Å². The molecule has 3 N–H and O–H groups in total. The summed E-state index contributed by atoms with van der Waals surface area (Å²) in [5.41, 5.74) is 4.69. The Hall–Kier alpha value is -4.39. The van der Waals surface area contributed by atoms with Crippen molar-refractivity contribution in [2.75, 3.05) is 84.9 Å². The van der Waals surface area contributed by atoms with Crippen molar-refractivity contribution in [3.8, 4) is 0 Å². The fourth-order valence-electron chi connectivity index (χ4n) is 5.11. The monoisotopic (exact) mass is 629 g/mol. The molecule has 45 heavy (non-hydrogen) atoms. The molecular weight excluding hydrogens is 593 g/mol. The number of anilines is 6. The number of hydrogen-bond donors (Lipinski definition) is 3. The highest BCUT2D eigenvalue weighted by atomic mass is 32.2. The summed E-state index contributed by atoms with van der Waals surface area (Å²) in [6.45, 7) is 6.81. The molecule has 2 aliphatic heterocycles. The standard InChI is InChI=1S/C33H36FN7O3S/c34-30-23-36-33(38-26-4-2-6-28(22-26)41-15-19-44-20-16-41)39-32(30)45-29-9-7-24(8-10-29)37-31(42)11-12-35-25-3-1-5-27(21-25)40-13-17-43-18-14-40/h1-10,21-23,35H,11-20H2,(H,37,42)(H,36,38,39). The van der Waals surface area contributed by atoms with Crippen LogP contribution in [0.5, 0.6) is 0 Å². The number of nitrogens with one attached hydrogen (secondary N) is 3. The second-order valence-electron chi connectivity index (χ2n) is 10.6. The first kappa shape index (κ1) is 30.6. The van der Waals surface area contributed by atoms with Crippen molar-refractivity contribution in [1.29, 1.82) is 0 Å². The summed E-state index contributed by atoms with van der Waals surface area (Å²) >= 11 is 1.19. The number of nitrogens with zero attached hydrogens (tertiary/aromatic N) is 4. The number of halogens is 1. The topological polar surface area (TPSA) is 104 Å². The molecule has 12 heteroatoms. The van der Waals surface area contributed by atoms with Gasteiger partial charge in [-0.1, -0.05) is 23.9 Å². The van der Waals surface area contributed by atoms with Crippen LogP contribution in [0.3, 0.4) is 0 Å². The molecule has 0 atom stereocenters. The minimum atomic E-state index is -0.507. The van der Waals surface area contributed by atoms with E-state index >= 15 is 0 Å². The second-order valence-corrected chi connectivity index (χ2v) is 11.7. The van der Waals surface area contributed by atoms with Crippen molar-refractivity contribution in [3.05, 3.63) is 84.8 Å². The molecule has 3 aromatic carbocycles. The van der Waals surface area contributed by atoms with Crippen molar-refractivity contribution in [2.45, 2.75) is 16.3 Å². The zero-order valence-corrected chi connectivity index (χ0v) is 25.7. The number of benzene rings is 3. The Bertz CT molecular complexity index is 1580.